The monoisotopic (exact) mass is 363 g/mol. The number of hydrogen-bond acceptors (Lipinski definition) is 6. The maximum absolute atomic E-state index is 12.7. The van der Waals surface area contributed by atoms with E-state index < -0.39 is 11.6 Å². The third-order valence-electron chi connectivity index (χ3n) is 3.76. The van der Waals surface area contributed by atoms with Crippen LogP contribution in [0.4, 0.5) is 11.4 Å². The van der Waals surface area contributed by atoms with Gasteiger partial charge in [-0.15, -0.1) is 0 Å². The van der Waals surface area contributed by atoms with Gasteiger partial charge in [0.05, 0.1) is 11.4 Å². The molecule has 1 unspecified atom stereocenters. The minimum atomic E-state index is -0.885. The molecule has 27 heavy (non-hydrogen) atoms. The number of aromatic nitrogens is 3. The highest BCUT2D eigenvalue weighted by Crippen LogP contribution is 2.27. The molecule has 0 aliphatic rings. The molecular formula is C20H21N5O2. The molecule has 0 radical (unpaired) electrons. The van der Waals surface area contributed by atoms with Crippen molar-refractivity contribution in [2.45, 2.75) is 27.0 Å². The number of nitrogens with zero attached hydrogens (tertiary/aromatic N) is 5. The number of carbonyl (C=O) groups is 1. The van der Waals surface area contributed by atoms with Gasteiger partial charge in [0, 0.05) is 5.41 Å². The summed E-state index contributed by atoms with van der Waals surface area (Å²) in [6.45, 7) is 5.53. The molecule has 0 aliphatic heterocycles. The molecule has 0 saturated carbocycles. The Morgan fingerprint density at radius 1 is 1.00 bits per heavy atom. The average Bonchev–Trinajstić information content (AvgIpc) is 3.19. The fourth-order valence-corrected chi connectivity index (χ4v) is 2.27. The Bertz CT molecular complexity index is 898. The van der Waals surface area contributed by atoms with E-state index in [4.69, 9.17) is 4.74 Å². The molecule has 3 rings (SSSR count). The third-order valence-corrected chi connectivity index (χ3v) is 3.76. The highest BCUT2D eigenvalue weighted by molar-refractivity contribution is 5.86. The molecule has 0 fully saturated rings. The topological polar surface area (TPSA) is 81.7 Å². The van der Waals surface area contributed by atoms with E-state index in [0.29, 0.717) is 11.4 Å². The van der Waals surface area contributed by atoms with E-state index >= 15 is 0 Å². The van der Waals surface area contributed by atoms with Crippen LogP contribution in [0.1, 0.15) is 27.0 Å². The fourth-order valence-electron chi connectivity index (χ4n) is 2.27. The second-order valence-electron chi connectivity index (χ2n) is 6.99. The minimum Gasteiger partial charge on any atom is -0.461 e. The maximum atomic E-state index is 12.7. The molecule has 7 heteroatoms. The zero-order valence-electron chi connectivity index (χ0n) is 15.5. The van der Waals surface area contributed by atoms with E-state index in [1.54, 1.807) is 24.3 Å². The van der Waals surface area contributed by atoms with Crippen molar-refractivity contribution in [2.24, 2.45) is 15.6 Å². The molecule has 1 heterocycles. The van der Waals surface area contributed by atoms with Crippen molar-refractivity contribution in [3.05, 3.63) is 67.3 Å². The molecule has 1 atom stereocenters. The lowest BCUT2D eigenvalue weighted by Gasteiger charge is -2.25. The van der Waals surface area contributed by atoms with Crippen molar-refractivity contribution in [2.75, 3.05) is 0 Å². The second kappa shape index (κ2) is 7.90. The maximum Gasteiger partial charge on any atom is 0.252 e. The molecule has 0 amide bonds. The van der Waals surface area contributed by atoms with Gasteiger partial charge in [0.15, 0.2) is 0 Å². The van der Waals surface area contributed by atoms with Gasteiger partial charge in [-0.1, -0.05) is 39.0 Å². The van der Waals surface area contributed by atoms with E-state index in [1.807, 2.05) is 51.1 Å². The summed E-state index contributed by atoms with van der Waals surface area (Å²) in [5.41, 5.74) is 0.881. The van der Waals surface area contributed by atoms with Crippen molar-refractivity contribution in [1.29, 1.82) is 0 Å². The largest absolute Gasteiger partial charge is 0.461 e. The van der Waals surface area contributed by atoms with Crippen LogP contribution < -0.4 is 4.74 Å². The van der Waals surface area contributed by atoms with Gasteiger partial charge in [0.2, 0.25) is 5.78 Å². The van der Waals surface area contributed by atoms with E-state index in [-0.39, 0.29) is 5.78 Å². The molecule has 0 bridgehead atoms. The predicted octanol–water partition coefficient (Wildman–Crippen LogP) is 4.89. The Morgan fingerprint density at radius 2 is 1.63 bits per heavy atom. The van der Waals surface area contributed by atoms with Crippen molar-refractivity contribution < 1.29 is 9.53 Å². The zero-order valence-corrected chi connectivity index (χ0v) is 15.5. The van der Waals surface area contributed by atoms with Gasteiger partial charge in [0.25, 0.3) is 6.23 Å². The number of hydrogen-bond donors (Lipinski definition) is 0. The van der Waals surface area contributed by atoms with Crippen LogP contribution in [-0.4, -0.2) is 20.5 Å². The van der Waals surface area contributed by atoms with Crippen LogP contribution in [0, 0.1) is 5.41 Å². The van der Waals surface area contributed by atoms with E-state index in [9.17, 15) is 4.79 Å². The molecule has 3 aromatic rings. The molecule has 0 spiro atoms. The van der Waals surface area contributed by atoms with Gasteiger partial charge in [-0.2, -0.15) is 15.3 Å². The Hall–Kier alpha value is -3.35. The quantitative estimate of drug-likeness (QED) is 0.584. The van der Waals surface area contributed by atoms with Gasteiger partial charge in [0.1, 0.15) is 18.4 Å². The normalized spacial score (nSPS) is 12.9. The van der Waals surface area contributed by atoms with E-state index in [0.717, 1.165) is 5.69 Å². The lowest BCUT2D eigenvalue weighted by atomic mass is 9.90. The summed E-state index contributed by atoms with van der Waals surface area (Å²) in [6, 6.07) is 16.5. The van der Waals surface area contributed by atoms with E-state index in [1.165, 1.54) is 17.3 Å². The van der Waals surface area contributed by atoms with Crippen molar-refractivity contribution >= 4 is 17.2 Å². The molecular weight excluding hydrogens is 342 g/mol. The summed E-state index contributed by atoms with van der Waals surface area (Å²) < 4.78 is 7.32. The van der Waals surface area contributed by atoms with Crippen LogP contribution in [0.3, 0.4) is 0 Å². The predicted molar refractivity (Wildman–Crippen MR) is 101 cm³/mol. The second-order valence-corrected chi connectivity index (χ2v) is 6.99. The molecule has 1 aromatic heterocycles. The Morgan fingerprint density at radius 3 is 2.19 bits per heavy atom. The highest BCUT2D eigenvalue weighted by Gasteiger charge is 2.33. The summed E-state index contributed by atoms with van der Waals surface area (Å²) in [7, 11) is 0. The standard InChI is InChI=1S/C20H21N5O2/c1-20(2,3)18(26)19(25-14-21-13-22-25)27-17-11-9-16(10-12-17)24-23-15-7-5-4-6-8-15/h4-14,19H,1-3H3. The molecule has 0 aliphatic carbocycles. The smallest absolute Gasteiger partial charge is 0.252 e. The number of ether oxygens (including phenoxy) is 1. The first-order valence-electron chi connectivity index (χ1n) is 8.55. The first-order valence-corrected chi connectivity index (χ1v) is 8.55. The number of Topliss-reactive ketones (excluding diaryl/α,β-unsaturated/α-hetero) is 1. The Labute approximate surface area is 157 Å². The fraction of sp³-hybridized carbons (Fsp3) is 0.250. The Balaban J connectivity index is 1.75. The van der Waals surface area contributed by atoms with Gasteiger partial charge < -0.3 is 4.74 Å². The first kappa shape index (κ1) is 18.4. The average molecular weight is 363 g/mol. The number of azo groups is 1. The Kier molecular flexibility index (Phi) is 5.40. The van der Waals surface area contributed by atoms with E-state index in [2.05, 4.69) is 20.3 Å². The van der Waals surface area contributed by atoms with Gasteiger partial charge in [-0.25, -0.2) is 9.67 Å². The molecule has 0 N–H and O–H groups in total. The number of rotatable bonds is 6. The molecule has 138 valence electrons. The van der Waals surface area contributed by atoms with Gasteiger partial charge in [-0.3, -0.25) is 4.79 Å². The number of carbonyl (C=O) groups excluding carboxylic acids is 1. The SMILES string of the molecule is CC(C)(C)C(=O)C(Oc1ccc(N=Nc2ccccc2)cc1)n1cncn1. The van der Waals surface area contributed by atoms with Crippen LogP contribution in [0.5, 0.6) is 5.75 Å². The van der Waals surface area contributed by atoms with Gasteiger partial charge in [-0.05, 0) is 36.4 Å². The molecule has 2 aromatic carbocycles. The lowest BCUT2D eigenvalue weighted by molar-refractivity contribution is -0.138. The summed E-state index contributed by atoms with van der Waals surface area (Å²) in [5.74, 6) is 0.438. The van der Waals surface area contributed by atoms with Crippen LogP contribution in [0.15, 0.2) is 77.5 Å². The van der Waals surface area contributed by atoms with Crippen molar-refractivity contribution in [1.82, 2.24) is 14.8 Å². The summed E-state index contributed by atoms with van der Waals surface area (Å²) in [5, 5.41) is 12.4. The third kappa shape index (κ3) is 4.84. The number of ketones is 1. The van der Waals surface area contributed by atoms with Gasteiger partial charge >= 0.3 is 0 Å². The van der Waals surface area contributed by atoms with Crippen LogP contribution in [-0.2, 0) is 4.79 Å². The molecule has 7 nitrogen and oxygen atoms in total. The van der Waals surface area contributed by atoms with Crippen LogP contribution in [0.2, 0.25) is 0 Å². The van der Waals surface area contributed by atoms with Crippen molar-refractivity contribution in [3.63, 3.8) is 0 Å². The molecule has 0 saturated heterocycles. The summed E-state index contributed by atoms with van der Waals surface area (Å²) >= 11 is 0. The zero-order chi connectivity index (χ0) is 19.3. The number of benzene rings is 2. The van der Waals surface area contributed by atoms with Crippen molar-refractivity contribution in [3.8, 4) is 5.75 Å². The van der Waals surface area contributed by atoms with Crippen LogP contribution >= 0.6 is 0 Å². The van der Waals surface area contributed by atoms with Crippen LogP contribution in [0.25, 0.3) is 0 Å². The first-order chi connectivity index (χ1) is 12.9. The summed E-state index contributed by atoms with van der Waals surface area (Å²) in [6.07, 6.45) is 1.96. The minimum absolute atomic E-state index is 0.0964. The summed E-state index contributed by atoms with van der Waals surface area (Å²) in [4.78, 5) is 16.7. The highest BCUT2D eigenvalue weighted by atomic mass is 16.5. The lowest BCUT2D eigenvalue weighted by Crippen LogP contribution is -2.34.